The third kappa shape index (κ3) is 9.05. The van der Waals surface area contributed by atoms with Crippen LogP contribution in [0.25, 0.3) is 0 Å². The van der Waals surface area contributed by atoms with Gasteiger partial charge in [0.05, 0.1) is 13.2 Å². The number of rotatable bonds is 8. The number of hydrogen-bond acceptors (Lipinski definition) is 2. The third-order valence-electron chi connectivity index (χ3n) is 6.79. The van der Waals surface area contributed by atoms with E-state index in [1.807, 2.05) is 0 Å². The van der Waals surface area contributed by atoms with Gasteiger partial charge in [-0.3, -0.25) is 0 Å². The van der Waals surface area contributed by atoms with Crippen LogP contribution >= 0.6 is 0 Å². The highest BCUT2D eigenvalue weighted by molar-refractivity contribution is 5.48. The SMILES string of the molecule is Fc1c(F)c(C(F)(F)F)c(F)c(F)c1C#Cc1ccc(OCCCCCOc2ccc(C#Cc3c(F)c(F)c(C(F)(F)F)c(F)c3F)cc2)cc1. The zero-order valence-corrected chi connectivity index (χ0v) is 25.3. The molecule has 2 nitrogen and oxygen atoms in total. The molecule has 4 rings (SSSR count). The van der Waals surface area contributed by atoms with Crippen LogP contribution in [-0.2, 0) is 12.4 Å². The number of ether oxygens (including phenoxy) is 2. The topological polar surface area (TPSA) is 18.5 Å². The molecular formula is C35H18F14O2. The quantitative estimate of drug-likeness (QED) is 0.0777. The molecule has 0 saturated heterocycles. The largest absolute Gasteiger partial charge is 0.494 e. The van der Waals surface area contributed by atoms with Crippen molar-refractivity contribution in [1.29, 1.82) is 0 Å². The van der Waals surface area contributed by atoms with Gasteiger partial charge in [-0.05, 0) is 67.8 Å². The molecule has 0 saturated carbocycles. The first kappa shape index (κ1) is 38.4. The first-order chi connectivity index (χ1) is 23.9. The van der Waals surface area contributed by atoms with Gasteiger partial charge >= 0.3 is 12.4 Å². The monoisotopic (exact) mass is 736 g/mol. The molecular weight excluding hydrogens is 718 g/mol. The fourth-order valence-electron chi connectivity index (χ4n) is 4.28. The van der Waals surface area contributed by atoms with Crippen LogP contribution in [0.15, 0.2) is 48.5 Å². The van der Waals surface area contributed by atoms with Gasteiger partial charge in [0, 0.05) is 11.1 Å². The molecule has 0 unspecified atom stereocenters. The molecule has 0 amide bonds. The van der Waals surface area contributed by atoms with Gasteiger partial charge < -0.3 is 9.47 Å². The van der Waals surface area contributed by atoms with E-state index in [2.05, 4.69) is 11.8 Å². The zero-order chi connectivity index (χ0) is 37.7. The van der Waals surface area contributed by atoms with Crippen molar-refractivity contribution in [2.24, 2.45) is 0 Å². The second-order valence-electron chi connectivity index (χ2n) is 10.3. The highest BCUT2D eigenvalue weighted by Gasteiger charge is 2.43. The van der Waals surface area contributed by atoms with Crippen molar-refractivity contribution in [3.05, 3.63) is 128 Å². The predicted octanol–water partition coefficient (Wildman–Crippen LogP) is 10.3. The molecule has 4 aromatic carbocycles. The Morgan fingerprint density at radius 2 is 0.686 bits per heavy atom. The molecule has 268 valence electrons. The van der Waals surface area contributed by atoms with E-state index in [4.69, 9.17) is 9.47 Å². The van der Waals surface area contributed by atoms with Gasteiger partial charge in [-0.1, -0.05) is 23.7 Å². The van der Waals surface area contributed by atoms with E-state index in [0.717, 1.165) is 0 Å². The summed E-state index contributed by atoms with van der Waals surface area (Å²) in [6.07, 6.45) is -9.56. The average molecular weight is 736 g/mol. The van der Waals surface area contributed by atoms with Crippen molar-refractivity contribution >= 4 is 0 Å². The molecule has 0 aliphatic rings. The lowest BCUT2D eigenvalue weighted by atomic mass is 10.1. The van der Waals surface area contributed by atoms with Gasteiger partial charge in [0.1, 0.15) is 33.8 Å². The molecule has 0 atom stereocenters. The highest BCUT2D eigenvalue weighted by Crippen LogP contribution is 2.38. The summed E-state index contributed by atoms with van der Waals surface area (Å²) in [7, 11) is 0. The van der Waals surface area contributed by atoms with Crippen LogP contribution in [0.3, 0.4) is 0 Å². The predicted molar refractivity (Wildman–Crippen MR) is 152 cm³/mol. The maximum atomic E-state index is 14.0. The summed E-state index contributed by atoms with van der Waals surface area (Å²) in [5, 5.41) is 0. The average Bonchev–Trinajstić information content (AvgIpc) is 3.06. The van der Waals surface area contributed by atoms with Gasteiger partial charge in [0.25, 0.3) is 0 Å². The molecule has 0 fully saturated rings. The molecule has 0 aliphatic carbocycles. The van der Waals surface area contributed by atoms with E-state index in [1.54, 1.807) is 11.8 Å². The fraction of sp³-hybridized carbons (Fsp3) is 0.200. The van der Waals surface area contributed by atoms with Crippen molar-refractivity contribution in [1.82, 2.24) is 0 Å². The van der Waals surface area contributed by atoms with Crippen LogP contribution in [0.5, 0.6) is 11.5 Å². The van der Waals surface area contributed by atoms with Crippen LogP contribution in [-0.4, -0.2) is 13.2 Å². The Morgan fingerprint density at radius 1 is 0.392 bits per heavy atom. The van der Waals surface area contributed by atoms with Crippen molar-refractivity contribution in [3.8, 4) is 35.2 Å². The molecule has 4 aromatic rings. The van der Waals surface area contributed by atoms with Crippen molar-refractivity contribution in [2.45, 2.75) is 31.6 Å². The Balaban J connectivity index is 1.22. The molecule has 0 bridgehead atoms. The number of hydrogen-bond donors (Lipinski definition) is 0. The second-order valence-corrected chi connectivity index (χ2v) is 10.3. The lowest BCUT2D eigenvalue weighted by Crippen LogP contribution is -2.16. The van der Waals surface area contributed by atoms with E-state index in [0.29, 0.717) is 30.8 Å². The fourth-order valence-corrected chi connectivity index (χ4v) is 4.28. The third-order valence-corrected chi connectivity index (χ3v) is 6.79. The van der Waals surface area contributed by atoms with Crippen LogP contribution < -0.4 is 9.47 Å². The highest BCUT2D eigenvalue weighted by atomic mass is 19.4. The lowest BCUT2D eigenvalue weighted by molar-refractivity contribution is -0.144. The van der Waals surface area contributed by atoms with Crippen LogP contribution in [0.1, 0.15) is 52.6 Å². The molecule has 0 spiro atoms. The number of alkyl halides is 6. The lowest BCUT2D eigenvalue weighted by Gasteiger charge is -2.11. The molecule has 0 aromatic heterocycles. The van der Waals surface area contributed by atoms with Crippen molar-refractivity contribution < 1.29 is 70.9 Å². The summed E-state index contributed by atoms with van der Waals surface area (Å²) in [6, 6.07) is 11.1. The van der Waals surface area contributed by atoms with E-state index >= 15 is 0 Å². The molecule has 16 heteroatoms. The summed E-state index contributed by atoms with van der Waals surface area (Å²) in [6.45, 7) is 0.514. The van der Waals surface area contributed by atoms with Crippen LogP contribution in [0.4, 0.5) is 61.5 Å². The van der Waals surface area contributed by atoms with E-state index < -0.39 is 81.1 Å². The van der Waals surface area contributed by atoms with E-state index in [-0.39, 0.29) is 24.3 Å². The Morgan fingerprint density at radius 3 is 0.961 bits per heavy atom. The zero-order valence-electron chi connectivity index (χ0n) is 25.3. The minimum Gasteiger partial charge on any atom is -0.494 e. The van der Waals surface area contributed by atoms with Crippen LogP contribution in [0.2, 0.25) is 0 Å². The minimum atomic E-state index is -5.67. The van der Waals surface area contributed by atoms with Gasteiger partial charge in [-0.25, -0.2) is 35.1 Å². The second kappa shape index (κ2) is 15.7. The normalized spacial score (nSPS) is 11.4. The maximum Gasteiger partial charge on any atom is 0.422 e. The van der Waals surface area contributed by atoms with Crippen LogP contribution in [0, 0.1) is 70.2 Å². The molecule has 0 heterocycles. The molecule has 0 radical (unpaired) electrons. The molecule has 51 heavy (non-hydrogen) atoms. The smallest absolute Gasteiger partial charge is 0.422 e. The standard InChI is InChI=1S/C35H18F14O2/c36-26-22(27(37)31(41)24(30(26)40)34(44,45)46)14-8-18-4-10-20(11-5-18)50-16-2-1-3-17-51-21-12-6-19(7-13-21)9-15-23-28(38)32(42)25(35(47,48)49)33(43)29(23)39/h4-7,10-13H,1-3,16-17H2. The Hall–Kier alpha value is -5.38. The first-order valence-corrected chi connectivity index (χ1v) is 14.3. The van der Waals surface area contributed by atoms with Gasteiger partial charge in [-0.2, -0.15) is 26.3 Å². The number of benzene rings is 4. The summed E-state index contributed by atoms with van der Waals surface area (Å²) >= 11 is 0. The Kier molecular flexibility index (Phi) is 11.8. The summed E-state index contributed by atoms with van der Waals surface area (Å²) in [5.41, 5.74) is -8.19. The number of unbranched alkanes of at least 4 members (excludes halogenated alkanes) is 2. The summed E-state index contributed by atoms with van der Waals surface area (Å²) in [5.74, 6) is -10.8. The number of halogens is 14. The Bertz CT molecular complexity index is 1820. The minimum absolute atomic E-state index is 0.104. The van der Waals surface area contributed by atoms with Gasteiger partial charge in [0.2, 0.25) is 0 Å². The van der Waals surface area contributed by atoms with Crippen molar-refractivity contribution in [3.63, 3.8) is 0 Å². The molecule has 0 aliphatic heterocycles. The maximum absolute atomic E-state index is 14.0. The van der Waals surface area contributed by atoms with E-state index in [1.165, 1.54) is 48.5 Å². The van der Waals surface area contributed by atoms with Gasteiger partial charge in [0.15, 0.2) is 46.5 Å². The van der Waals surface area contributed by atoms with Crippen molar-refractivity contribution in [2.75, 3.05) is 13.2 Å². The summed E-state index contributed by atoms with van der Waals surface area (Å²) in [4.78, 5) is 0. The molecule has 0 N–H and O–H groups in total. The first-order valence-electron chi connectivity index (χ1n) is 14.3. The Labute approximate surface area is 279 Å². The van der Waals surface area contributed by atoms with Gasteiger partial charge in [-0.15, -0.1) is 0 Å². The van der Waals surface area contributed by atoms with E-state index in [9.17, 15) is 61.5 Å². The summed E-state index contributed by atoms with van der Waals surface area (Å²) < 4.78 is 199.